The second kappa shape index (κ2) is 8.03. The second-order valence-corrected chi connectivity index (χ2v) is 6.92. The Labute approximate surface area is 148 Å². The van der Waals surface area contributed by atoms with E-state index in [0.29, 0.717) is 0 Å². The lowest BCUT2D eigenvalue weighted by Gasteiger charge is -2.29. The van der Waals surface area contributed by atoms with Gasteiger partial charge in [0.2, 0.25) is 0 Å². The molecule has 134 valence electrons. The Kier molecular flexibility index (Phi) is 6.04. The van der Waals surface area contributed by atoms with Gasteiger partial charge in [-0.2, -0.15) is 0 Å². The van der Waals surface area contributed by atoms with E-state index in [4.69, 9.17) is 4.74 Å². The second-order valence-electron chi connectivity index (χ2n) is 6.92. The predicted octanol–water partition coefficient (Wildman–Crippen LogP) is 3.41. The molecule has 1 amide bonds. The van der Waals surface area contributed by atoms with E-state index in [1.807, 2.05) is 30.3 Å². The van der Waals surface area contributed by atoms with Gasteiger partial charge in [0, 0.05) is 5.92 Å². The Morgan fingerprint density at radius 2 is 1.60 bits per heavy atom. The van der Waals surface area contributed by atoms with Gasteiger partial charge < -0.3 is 20.3 Å². The van der Waals surface area contributed by atoms with Crippen molar-refractivity contribution >= 4 is 6.09 Å². The number of benzene rings is 2. The van der Waals surface area contributed by atoms with E-state index < -0.39 is 17.7 Å². The summed E-state index contributed by atoms with van der Waals surface area (Å²) in [6, 6.07) is 15.8. The lowest BCUT2D eigenvalue weighted by molar-refractivity contribution is 0.0476. The summed E-state index contributed by atoms with van der Waals surface area (Å²) >= 11 is 0. The highest BCUT2D eigenvalue weighted by molar-refractivity contribution is 5.68. The van der Waals surface area contributed by atoms with Crippen LogP contribution in [0.4, 0.5) is 4.79 Å². The number of carbonyl (C=O) groups excluding carboxylic acids is 1. The Morgan fingerprint density at radius 1 is 1.04 bits per heavy atom. The van der Waals surface area contributed by atoms with Crippen LogP contribution in [0.25, 0.3) is 0 Å². The summed E-state index contributed by atoms with van der Waals surface area (Å²) in [6.45, 7) is 5.11. The van der Waals surface area contributed by atoms with E-state index in [9.17, 15) is 15.0 Å². The normalized spacial score (nSPS) is 13.8. The minimum atomic E-state index is -0.620. The summed E-state index contributed by atoms with van der Waals surface area (Å²) in [6.07, 6.45) is -0.578. The highest BCUT2D eigenvalue weighted by atomic mass is 16.6. The van der Waals surface area contributed by atoms with Crippen molar-refractivity contribution in [1.82, 2.24) is 5.32 Å². The highest BCUT2D eigenvalue weighted by Gasteiger charge is 2.28. The monoisotopic (exact) mass is 343 g/mol. The smallest absolute Gasteiger partial charge is 0.407 e. The molecule has 0 aliphatic carbocycles. The van der Waals surface area contributed by atoms with Gasteiger partial charge in [0.15, 0.2) is 0 Å². The Morgan fingerprint density at radius 3 is 2.12 bits per heavy atom. The molecule has 0 radical (unpaired) electrons. The third-order valence-electron chi connectivity index (χ3n) is 3.71. The fraction of sp³-hybridized carbons (Fsp3) is 0.350. The van der Waals surface area contributed by atoms with E-state index in [0.717, 1.165) is 11.1 Å². The average Bonchev–Trinajstić information content (AvgIpc) is 2.55. The number of ether oxygens (including phenoxy) is 1. The molecule has 3 N–H and O–H groups in total. The van der Waals surface area contributed by atoms with Gasteiger partial charge in [0.05, 0.1) is 12.6 Å². The summed E-state index contributed by atoms with van der Waals surface area (Å²) in [4.78, 5) is 12.2. The zero-order valence-corrected chi connectivity index (χ0v) is 14.8. The predicted molar refractivity (Wildman–Crippen MR) is 96.6 cm³/mol. The van der Waals surface area contributed by atoms with Crippen LogP contribution in [-0.4, -0.2) is 34.6 Å². The number of rotatable bonds is 5. The molecule has 0 fully saturated rings. The van der Waals surface area contributed by atoms with Crippen molar-refractivity contribution < 1.29 is 19.7 Å². The number of aliphatic hydroxyl groups is 1. The molecule has 0 unspecified atom stereocenters. The van der Waals surface area contributed by atoms with Crippen molar-refractivity contribution in [3.8, 4) is 5.75 Å². The molecule has 0 saturated carbocycles. The number of carbonyl (C=O) groups is 1. The van der Waals surface area contributed by atoms with Crippen molar-refractivity contribution in [2.45, 2.75) is 38.3 Å². The molecular formula is C20H25NO4. The van der Waals surface area contributed by atoms with Gasteiger partial charge in [-0.15, -0.1) is 0 Å². The van der Waals surface area contributed by atoms with Gasteiger partial charge in [-0.1, -0.05) is 42.5 Å². The molecule has 0 aliphatic rings. The standard InChI is InChI=1S/C20H25NO4/c1-20(2,3)25-19(24)21-17(13-22)18(14-7-5-4-6-8-14)15-9-11-16(23)12-10-15/h4-12,17-18,22-23H,13H2,1-3H3,(H,21,24)/t17-,18-/m0/s1. The summed E-state index contributed by atoms with van der Waals surface area (Å²) in [5.41, 5.74) is 1.20. The molecule has 2 atom stereocenters. The van der Waals surface area contributed by atoms with Gasteiger partial charge in [-0.05, 0) is 44.0 Å². The van der Waals surface area contributed by atoms with Crippen LogP contribution < -0.4 is 5.32 Å². The van der Waals surface area contributed by atoms with Gasteiger partial charge in [-0.25, -0.2) is 4.79 Å². The number of aromatic hydroxyl groups is 1. The maximum Gasteiger partial charge on any atom is 0.407 e. The molecule has 0 aromatic heterocycles. The molecule has 2 rings (SSSR count). The SMILES string of the molecule is CC(C)(C)OC(=O)N[C@@H](CO)[C@@H](c1ccccc1)c1ccc(O)cc1. The first-order valence-corrected chi connectivity index (χ1v) is 8.24. The van der Waals surface area contributed by atoms with Crippen LogP contribution in [0.15, 0.2) is 54.6 Å². The van der Waals surface area contributed by atoms with Gasteiger partial charge in [-0.3, -0.25) is 0 Å². The Balaban J connectivity index is 2.32. The van der Waals surface area contributed by atoms with Crippen molar-refractivity contribution in [2.75, 3.05) is 6.61 Å². The van der Waals surface area contributed by atoms with E-state index in [1.165, 1.54) is 0 Å². The van der Waals surface area contributed by atoms with Crippen LogP contribution in [0.3, 0.4) is 0 Å². The molecule has 2 aromatic rings. The van der Waals surface area contributed by atoms with Crippen LogP contribution >= 0.6 is 0 Å². The lowest BCUT2D eigenvalue weighted by Crippen LogP contribution is -2.44. The van der Waals surface area contributed by atoms with E-state index in [-0.39, 0.29) is 18.3 Å². The van der Waals surface area contributed by atoms with E-state index >= 15 is 0 Å². The Bertz CT molecular complexity index is 677. The van der Waals surface area contributed by atoms with Crippen molar-refractivity contribution in [3.05, 3.63) is 65.7 Å². The fourth-order valence-electron chi connectivity index (χ4n) is 2.69. The summed E-state index contributed by atoms with van der Waals surface area (Å²) in [5, 5.41) is 22.2. The minimum absolute atomic E-state index is 0.163. The number of amides is 1. The van der Waals surface area contributed by atoms with Crippen LogP contribution in [0.5, 0.6) is 5.75 Å². The van der Waals surface area contributed by atoms with Crippen molar-refractivity contribution in [2.24, 2.45) is 0 Å². The molecule has 25 heavy (non-hydrogen) atoms. The molecule has 5 heteroatoms. The average molecular weight is 343 g/mol. The number of phenolic OH excluding ortho intramolecular Hbond substituents is 1. The first-order valence-electron chi connectivity index (χ1n) is 8.24. The number of hydrogen-bond donors (Lipinski definition) is 3. The van der Waals surface area contributed by atoms with Crippen LogP contribution in [0.2, 0.25) is 0 Å². The molecule has 5 nitrogen and oxygen atoms in total. The molecule has 0 spiro atoms. The van der Waals surface area contributed by atoms with Crippen LogP contribution in [0.1, 0.15) is 37.8 Å². The zero-order valence-electron chi connectivity index (χ0n) is 14.8. The summed E-state index contributed by atoms with van der Waals surface area (Å²) in [7, 11) is 0. The maximum atomic E-state index is 12.2. The van der Waals surface area contributed by atoms with Gasteiger partial charge >= 0.3 is 6.09 Å². The number of hydrogen-bond acceptors (Lipinski definition) is 4. The minimum Gasteiger partial charge on any atom is -0.508 e. The molecule has 0 aliphatic heterocycles. The quantitative estimate of drug-likeness (QED) is 0.777. The number of alkyl carbamates (subject to hydrolysis) is 1. The zero-order chi connectivity index (χ0) is 18.4. The summed E-state index contributed by atoms with van der Waals surface area (Å²) in [5.74, 6) is -0.115. The fourth-order valence-corrected chi connectivity index (χ4v) is 2.69. The summed E-state index contributed by atoms with van der Waals surface area (Å²) < 4.78 is 5.31. The first kappa shape index (κ1) is 18.8. The molecule has 2 aromatic carbocycles. The molecule has 0 heterocycles. The van der Waals surface area contributed by atoms with E-state index in [1.54, 1.807) is 45.0 Å². The van der Waals surface area contributed by atoms with E-state index in [2.05, 4.69) is 5.32 Å². The largest absolute Gasteiger partial charge is 0.508 e. The van der Waals surface area contributed by atoms with Crippen LogP contribution in [0, 0.1) is 0 Å². The topological polar surface area (TPSA) is 78.8 Å². The van der Waals surface area contributed by atoms with Crippen LogP contribution in [-0.2, 0) is 4.74 Å². The number of phenols is 1. The molecular weight excluding hydrogens is 318 g/mol. The number of aliphatic hydroxyl groups excluding tert-OH is 1. The maximum absolute atomic E-state index is 12.2. The Hall–Kier alpha value is -2.53. The highest BCUT2D eigenvalue weighted by Crippen LogP contribution is 2.29. The molecule has 0 saturated heterocycles. The molecule has 0 bridgehead atoms. The first-order chi connectivity index (χ1) is 11.8. The lowest BCUT2D eigenvalue weighted by atomic mass is 9.85. The third-order valence-corrected chi connectivity index (χ3v) is 3.71. The van der Waals surface area contributed by atoms with Crippen molar-refractivity contribution in [3.63, 3.8) is 0 Å². The van der Waals surface area contributed by atoms with Crippen molar-refractivity contribution in [1.29, 1.82) is 0 Å². The van der Waals surface area contributed by atoms with Gasteiger partial charge in [0.1, 0.15) is 11.4 Å². The number of nitrogens with one attached hydrogen (secondary N) is 1. The third kappa shape index (κ3) is 5.50. The van der Waals surface area contributed by atoms with Gasteiger partial charge in [0.25, 0.3) is 0 Å².